The highest BCUT2D eigenvalue weighted by Crippen LogP contribution is 2.24. The maximum atomic E-state index is 5.52. The van der Waals surface area contributed by atoms with Crippen LogP contribution in [0.1, 0.15) is 5.56 Å². The minimum atomic E-state index is 0.354. The van der Waals surface area contributed by atoms with E-state index in [1.54, 1.807) is 6.20 Å². The summed E-state index contributed by atoms with van der Waals surface area (Å²) >= 11 is 10.6. The quantitative estimate of drug-likeness (QED) is 0.570. The molecule has 92 valence electrons. The van der Waals surface area contributed by atoms with Gasteiger partial charge in [-0.05, 0) is 68.9 Å². The van der Waals surface area contributed by atoms with Crippen molar-refractivity contribution in [3.63, 3.8) is 0 Å². The Kier molecular flexibility index (Phi) is 4.52. The number of hydrogen-bond acceptors (Lipinski definition) is 3. The number of aromatic nitrogens is 1. The van der Waals surface area contributed by atoms with Gasteiger partial charge < -0.3 is 11.1 Å². The fourth-order valence-electron chi connectivity index (χ4n) is 1.34. The van der Waals surface area contributed by atoms with Gasteiger partial charge in [-0.1, -0.05) is 12.2 Å². The van der Waals surface area contributed by atoms with E-state index in [1.165, 1.54) is 0 Å². The molecule has 6 heteroatoms. The first-order valence-corrected chi connectivity index (χ1v) is 7.32. The van der Waals surface area contributed by atoms with Crippen LogP contribution >= 0.6 is 50.7 Å². The Balaban J connectivity index is 2.18. The number of hydrogen-bond donors (Lipinski definition) is 2. The molecule has 0 saturated carbocycles. The molecule has 0 amide bonds. The van der Waals surface area contributed by atoms with Crippen LogP contribution < -0.4 is 11.1 Å². The molecule has 3 nitrogen and oxygen atoms in total. The topological polar surface area (TPSA) is 50.9 Å². The van der Waals surface area contributed by atoms with Crippen molar-refractivity contribution in [3.8, 4) is 0 Å². The molecule has 0 fully saturated rings. The van der Waals surface area contributed by atoms with Crippen molar-refractivity contribution < 1.29 is 0 Å². The van der Waals surface area contributed by atoms with E-state index in [0.29, 0.717) is 4.99 Å². The molecule has 1 aromatic carbocycles. The lowest BCUT2D eigenvalue weighted by Gasteiger charge is -2.07. The monoisotopic (exact) mass is 433 g/mol. The van der Waals surface area contributed by atoms with E-state index < -0.39 is 0 Å². The van der Waals surface area contributed by atoms with E-state index in [9.17, 15) is 0 Å². The lowest BCUT2D eigenvalue weighted by molar-refractivity contribution is 1.30. The molecule has 0 bridgehead atoms. The molecule has 0 aliphatic rings. The van der Waals surface area contributed by atoms with Crippen molar-refractivity contribution in [3.05, 3.63) is 50.1 Å². The van der Waals surface area contributed by atoms with E-state index in [2.05, 4.69) is 48.8 Å². The summed E-state index contributed by atoms with van der Waals surface area (Å²) in [4.78, 5) is 4.61. The van der Waals surface area contributed by atoms with Gasteiger partial charge in [-0.25, -0.2) is 4.98 Å². The zero-order valence-electron chi connectivity index (χ0n) is 9.15. The average Bonchev–Trinajstić information content (AvgIpc) is 2.34. The van der Waals surface area contributed by atoms with Crippen LogP contribution in [-0.4, -0.2) is 9.97 Å². The molecular weight excluding hydrogens is 425 g/mol. The molecule has 0 unspecified atom stereocenters. The van der Waals surface area contributed by atoms with Gasteiger partial charge in [0.2, 0.25) is 0 Å². The number of nitrogens with one attached hydrogen (secondary N) is 1. The maximum Gasteiger partial charge on any atom is 0.130 e. The van der Waals surface area contributed by atoms with Crippen molar-refractivity contribution in [2.45, 2.75) is 0 Å². The summed E-state index contributed by atoms with van der Waals surface area (Å²) in [5, 5.41) is 3.22. The van der Waals surface area contributed by atoms with Crippen molar-refractivity contribution in [2.75, 3.05) is 5.32 Å². The molecule has 3 N–H and O–H groups in total. The molecule has 2 aromatic rings. The molecule has 0 aliphatic heterocycles. The number of halogens is 2. The lowest BCUT2D eigenvalue weighted by Crippen LogP contribution is -2.09. The predicted molar refractivity (Wildman–Crippen MR) is 90.3 cm³/mol. The van der Waals surface area contributed by atoms with Crippen molar-refractivity contribution in [2.24, 2.45) is 5.73 Å². The summed E-state index contributed by atoms with van der Waals surface area (Å²) in [6.45, 7) is 0. The Morgan fingerprint density at radius 1 is 1.33 bits per heavy atom. The van der Waals surface area contributed by atoms with Crippen molar-refractivity contribution in [1.82, 2.24) is 4.98 Å². The fourth-order valence-corrected chi connectivity index (χ4v) is 2.22. The third-order valence-corrected chi connectivity index (χ3v) is 4.80. The number of benzene rings is 1. The SMILES string of the molecule is NC(=S)c1ccc(Nc2ccc(Br)c(I)c2)nc1. The summed E-state index contributed by atoms with van der Waals surface area (Å²) in [5.41, 5.74) is 7.27. The van der Waals surface area contributed by atoms with Gasteiger partial charge in [0.15, 0.2) is 0 Å². The van der Waals surface area contributed by atoms with E-state index in [4.69, 9.17) is 18.0 Å². The fraction of sp³-hybridized carbons (Fsp3) is 0. The standard InChI is InChI=1S/C12H9BrIN3S/c13-9-3-2-8(5-10(9)14)17-11-4-1-7(6-16-11)12(15)18/h1-6H,(H2,15,18)(H,16,17). The van der Waals surface area contributed by atoms with Gasteiger partial charge in [0.25, 0.3) is 0 Å². The molecule has 0 atom stereocenters. The minimum Gasteiger partial charge on any atom is -0.389 e. The average molecular weight is 434 g/mol. The largest absolute Gasteiger partial charge is 0.389 e. The van der Waals surface area contributed by atoms with Crippen LogP contribution in [0.4, 0.5) is 11.5 Å². The zero-order valence-corrected chi connectivity index (χ0v) is 13.7. The minimum absolute atomic E-state index is 0.354. The van der Waals surface area contributed by atoms with Crippen LogP contribution in [0.3, 0.4) is 0 Å². The molecule has 18 heavy (non-hydrogen) atoms. The summed E-state index contributed by atoms with van der Waals surface area (Å²) in [6.07, 6.45) is 1.66. The molecule has 0 spiro atoms. The molecular formula is C12H9BrIN3S. The first-order chi connectivity index (χ1) is 8.56. The van der Waals surface area contributed by atoms with E-state index in [-0.39, 0.29) is 0 Å². The first kappa shape index (κ1) is 13.7. The molecule has 1 heterocycles. The van der Waals surface area contributed by atoms with E-state index in [0.717, 1.165) is 25.1 Å². The van der Waals surface area contributed by atoms with Gasteiger partial charge >= 0.3 is 0 Å². The number of pyridine rings is 1. The van der Waals surface area contributed by atoms with Gasteiger partial charge in [-0.2, -0.15) is 0 Å². The molecule has 2 rings (SSSR count). The van der Waals surface area contributed by atoms with Gasteiger partial charge in [0, 0.05) is 25.5 Å². The van der Waals surface area contributed by atoms with Crippen LogP contribution in [0.5, 0.6) is 0 Å². The highest BCUT2D eigenvalue weighted by molar-refractivity contribution is 14.1. The lowest BCUT2D eigenvalue weighted by atomic mass is 10.3. The number of rotatable bonds is 3. The highest BCUT2D eigenvalue weighted by atomic mass is 127. The number of anilines is 2. The molecule has 0 aliphatic carbocycles. The third-order valence-electron chi connectivity index (χ3n) is 2.24. The van der Waals surface area contributed by atoms with Crippen LogP contribution in [0.25, 0.3) is 0 Å². The van der Waals surface area contributed by atoms with Crippen LogP contribution in [0.2, 0.25) is 0 Å². The summed E-state index contributed by atoms with van der Waals surface area (Å²) in [6, 6.07) is 9.71. The summed E-state index contributed by atoms with van der Waals surface area (Å²) < 4.78 is 2.21. The smallest absolute Gasteiger partial charge is 0.130 e. The second-order valence-corrected chi connectivity index (χ2v) is 6.01. The van der Waals surface area contributed by atoms with Crippen LogP contribution in [0.15, 0.2) is 41.0 Å². The molecule has 1 aromatic heterocycles. The number of nitrogens with two attached hydrogens (primary N) is 1. The van der Waals surface area contributed by atoms with E-state index in [1.807, 2.05) is 30.3 Å². The van der Waals surface area contributed by atoms with Crippen molar-refractivity contribution in [1.29, 1.82) is 0 Å². The Labute approximate surface area is 132 Å². The Bertz CT molecular complexity index is 586. The molecule has 0 radical (unpaired) electrons. The predicted octanol–water partition coefficient (Wildman–Crippen LogP) is 3.83. The third kappa shape index (κ3) is 3.39. The highest BCUT2D eigenvalue weighted by Gasteiger charge is 2.01. The Morgan fingerprint density at radius 2 is 2.11 bits per heavy atom. The van der Waals surface area contributed by atoms with Gasteiger partial charge in [0.1, 0.15) is 10.8 Å². The maximum absolute atomic E-state index is 5.52. The normalized spacial score (nSPS) is 10.1. The molecule has 0 saturated heterocycles. The number of thiocarbonyl (C=S) groups is 1. The van der Waals surface area contributed by atoms with Gasteiger partial charge in [-0.3, -0.25) is 0 Å². The van der Waals surface area contributed by atoms with Crippen molar-refractivity contribution >= 4 is 67.2 Å². The second-order valence-electron chi connectivity index (χ2n) is 3.55. The van der Waals surface area contributed by atoms with E-state index >= 15 is 0 Å². The Hall–Kier alpha value is -0.730. The second kappa shape index (κ2) is 5.94. The van der Waals surface area contributed by atoms with Crippen LogP contribution in [-0.2, 0) is 0 Å². The van der Waals surface area contributed by atoms with Gasteiger partial charge in [0.05, 0.1) is 0 Å². The number of nitrogens with zero attached hydrogens (tertiary/aromatic N) is 1. The Morgan fingerprint density at radius 3 is 2.67 bits per heavy atom. The zero-order chi connectivity index (χ0) is 13.1. The first-order valence-electron chi connectivity index (χ1n) is 5.04. The summed E-state index contributed by atoms with van der Waals surface area (Å²) in [7, 11) is 0. The van der Waals surface area contributed by atoms with Crippen LogP contribution in [0, 0.1) is 3.57 Å². The van der Waals surface area contributed by atoms with Gasteiger partial charge in [-0.15, -0.1) is 0 Å². The summed E-state index contributed by atoms with van der Waals surface area (Å²) in [5.74, 6) is 0.758.